The summed E-state index contributed by atoms with van der Waals surface area (Å²) >= 11 is 6.68. The maximum Gasteiger partial charge on any atom is 0.277 e. The first-order valence-electron chi connectivity index (χ1n) is 7.13. The van der Waals surface area contributed by atoms with Crippen LogP contribution in [0.15, 0.2) is 50.4 Å². The summed E-state index contributed by atoms with van der Waals surface area (Å²) in [6, 6.07) is 9.22. The Kier molecular flexibility index (Phi) is 7.10. The van der Waals surface area contributed by atoms with Gasteiger partial charge in [0.05, 0.1) is 22.7 Å². The van der Waals surface area contributed by atoms with E-state index >= 15 is 0 Å². The fourth-order valence-electron chi connectivity index (χ4n) is 1.86. The number of methoxy groups -OCH3 is 1. The highest BCUT2D eigenvalue weighted by Gasteiger charge is 2.12. The summed E-state index contributed by atoms with van der Waals surface area (Å²) in [5.74, 6) is 0.388. The van der Waals surface area contributed by atoms with Crippen molar-refractivity contribution in [3.8, 4) is 11.5 Å². The number of nitrogens with zero attached hydrogens (tertiary/aromatic N) is 2. The first-order valence-corrected chi connectivity index (χ1v) is 8.71. The largest absolute Gasteiger partial charge is 0.493 e. The van der Waals surface area contributed by atoms with Gasteiger partial charge in [-0.3, -0.25) is 14.9 Å². The van der Waals surface area contributed by atoms with Gasteiger partial charge in [0.25, 0.3) is 11.6 Å². The third-order valence-electron chi connectivity index (χ3n) is 3.05. The molecule has 0 aliphatic heterocycles. The van der Waals surface area contributed by atoms with E-state index < -0.39 is 10.8 Å². The van der Waals surface area contributed by atoms with Gasteiger partial charge >= 0.3 is 0 Å². The minimum atomic E-state index is -0.492. The quantitative estimate of drug-likeness (QED) is 0.365. The number of hydrazone groups is 1. The average molecular weight is 487 g/mol. The molecule has 0 saturated heterocycles. The number of nitro groups is 1. The molecular weight excluding hydrogens is 474 g/mol. The number of nitro benzene ring substituents is 1. The van der Waals surface area contributed by atoms with Crippen LogP contribution in [0.25, 0.3) is 0 Å². The normalized spacial score (nSPS) is 10.6. The highest BCUT2D eigenvalue weighted by Crippen LogP contribution is 2.38. The van der Waals surface area contributed by atoms with E-state index in [4.69, 9.17) is 9.47 Å². The number of carbonyl (C=O) groups is 1. The highest BCUT2D eigenvalue weighted by atomic mass is 79.9. The lowest BCUT2D eigenvalue weighted by molar-refractivity contribution is -0.384. The van der Waals surface area contributed by atoms with Gasteiger partial charge in [-0.25, -0.2) is 5.43 Å². The molecule has 0 radical (unpaired) electrons. The lowest BCUT2D eigenvalue weighted by Crippen LogP contribution is -2.24. The number of hydrogen-bond donors (Lipinski definition) is 1. The second-order valence-corrected chi connectivity index (χ2v) is 6.62. The fraction of sp³-hybridized carbons (Fsp3) is 0.125. The molecule has 2 aromatic rings. The number of benzene rings is 2. The number of ether oxygens (including phenoxy) is 2. The Morgan fingerprint density at radius 3 is 2.62 bits per heavy atom. The van der Waals surface area contributed by atoms with Gasteiger partial charge in [0.1, 0.15) is 0 Å². The van der Waals surface area contributed by atoms with Crippen LogP contribution < -0.4 is 14.9 Å². The minimum absolute atomic E-state index is 0.0198. The number of nitrogens with one attached hydrogen (secondary N) is 1. The van der Waals surface area contributed by atoms with E-state index in [1.54, 1.807) is 12.1 Å². The van der Waals surface area contributed by atoms with E-state index in [9.17, 15) is 14.9 Å². The van der Waals surface area contributed by atoms with E-state index in [-0.39, 0.29) is 12.3 Å². The molecule has 1 amide bonds. The van der Waals surface area contributed by atoms with Crippen LogP contribution in [0.3, 0.4) is 0 Å². The van der Waals surface area contributed by atoms with Crippen molar-refractivity contribution < 1.29 is 19.2 Å². The first-order chi connectivity index (χ1) is 12.4. The molecule has 0 aliphatic rings. The Balaban J connectivity index is 1.90. The molecule has 136 valence electrons. The smallest absolute Gasteiger partial charge is 0.277 e. The van der Waals surface area contributed by atoms with Crippen molar-refractivity contribution in [2.45, 2.75) is 0 Å². The van der Waals surface area contributed by atoms with Gasteiger partial charge < -0.3 is 9.47 Å². The van der Waals surface area contributed by atoms with Gasteiger partial charge in [-0.05, 0) is 45.8 Å². The molecule has 8 nitrogen and oxygen atoms in total. The zero-order valence-electron chi connectivity index (χ0n) is 13.4. The monoisotopic (exact) mass is 485 g/mol. The topological polar surface area (TPSA) is 103 Å². The van der Waals surface area contributed by atoms with Crippen LogP contribution in [0.2, 0.25) is 0 Å². The molecule has 0 spiro atoms. The maximum atomic E-state index is 11.8. The summed E-state index contributed by atoms with van der Waals surface area (Å²) in [6.45, 7) is -0.270. The number of carbonyl (C=O) groups excluding carboxylic acids is 1. The van der Waals surface area contributed by atoms with E-state index in [0.717, 1.165) is 4.47 Å². The van der Waals surface area contributed by atoms with Crippen molar-refractivity contribution in [1.82, 2.24) is 5.43 Å². The van der Waals surface area contributed by atoms with Crippen molar-refractivity contribution in [2.75, 3.05) is 13.7 Å². The SMILES string of the molecule is COc1cc(Br)cc(Br)c1OCC(=O)NN=Cc1ccc([N+](=O)[O-])cc1. The number of non-ortho nitro benzene ring substituents is 1. The molecule has 0 fully saturated rings. The predicted molar refractivity (Wildman–Crippen MR) is 103 cm³/mol. The van der Waals surface area contributed by atoms with Gasteiger partial charge in [0.2, 0.25) is 0 Å². The molecule has 0 atom stereocenters. The molecule has 0 saturated carbocycles. The van der Waals surface area contributed by atoms with Crippen molar-refractivity contribution in [3.63, 3.8) is 0 Å². The Labute approximate surface area is 165 Å². The van der Waals surface area contributed by atoms with E-state index in [2.05, 4.69) is 42.4 Å². The van der Waals surface area contributed by atoms with Crippen LogP contribution in [0, 0.1) is 10.1 Å². The first kappa shape index (κ1) is 19.9. The second-order valence-electron chi connectivity index (χ2n) is 4.85. The Morgan fingerprint density at radius 1 is 1.31 bits per heavy atom. The van der Waals surface area contributed by atoms with Crippen LogP contribution in [-0.4, -0.2) is 30.8 Å². The van der Waals surface area contributed by atoms with Gasteiger partial charge in [-0.15, -0.1) is 0 Å². The minimum Gasteiger partial charge on any atom is -0.493 e. The van der Waals surface area contributed by atoms with E-state index in [1.807, 2.05) is 0 Å². The van der Waals surface area contributed by atoms with Crippen LogP contribution in [0.5, 0.6) is 11.5 Å². The number of rotatable bonds is 7. The van der Waals surface area contributed by atoms with Crippen LogP contribution in [0.4, 0.5) is 5.69 Å². The molecule has 10 heteroatoms. The molecule has 1 N–H and O–H groups in total. The molecule has 0 aliphatic carbocycles. The second kappa shape index (κ2) is 9.30. The van der Waals surface area contributed by atoms with Crippen LogP contribution >= 0.6 is 31.9 Å². The number of halogens is 2. The number of hydrogen-bond acceptors (Lipinski definition) is 6. The summed E-state index contributed by atoms with van der Waals surface area (Å²) in [6.07, 6.45) is 1.37. The third kappa shape index (κ3) is 5.53. The van der Waals surface area contributed by atoms with Gasteiger partial charge in [-0.2, -0.15) is 5.10 Å². The predicted octanol–water partition coefficient (Wildman–Crippen LogP) is 3.66. The van der Waals surface area contributed by atoms with Crippen LogP contribution in [0.1, 0.15) is 5.56 Å². The van der Waals surface area contributed by atoms with Crippen LogP contribution in [-0.2, 0) is 4.79 Å². The zero-order chi connectivity index (χ0) is 19.1. The molecular formula is C16H13Br2N3O5. The molecule has 2 rings (SSSR count). The lowest BCUT2D eigenvalue weighted by Gasteiger charge is -2.12. The van der Waals surface area contributed by atoms with E-state index in [1.165, 1.54) is 37.6 Å². The standard InChI is InChI=1S/C16H13Br2N3O5/c1-25-14-7-11(17)6-13(18)16(14)26-9-15(22)20-19-8-10-2-4-12(5-3-10)21(23)24/h2-8H,9H2,1H3,(H,20,22). The Morgan fingerprint density at radius 2 is 2.00 bits per heavy atom. The molecule has 26 heavy (non-hydrogen) atoms. The Bertz CT molecular complexity index is 841. The number of amides is 1. The van der Waals surface area contributed by atoms with Crippen molar-refractivity contribution >= 4 is 49.7 Å². The Hall–Kier alpha value is -2.46. The summed E-state index contributed by atoms with van der Waals surface area (Å²) in [4.78, 5) is 21.9. The maximum absolute atomic E-state index is 11.8. The van der Waals surface area contributed by atoms with E-state index in [0.29, 0.717) is 21.5 Å². The average Bonchev–Trinajstić information content (AvgIpc) is 2.60. The molecule has 0 heterocycles. The molecule has 2 aromatic carbocycles. The summed E-state index contributed by atoms with van der Waals surface area (Å²) < 4.78 is 12.1. The van der Waals surface area contributed by atoms with Gasteiger partial charge in [0, 0.05) is 16.6 Å². The summed E-state index contributed by atoms with van der Waals surface area (Å²) in [5, 5.41) is 14.4. The van der Waals surface area contributed by atoms with Crippen molar-refractivity contribution in [1.29, 1.82) is 0 Å². The lowest BCUT2D eigenvalue weighted by atomic mass is 10.2. The summed E-state index contributed by atoms with van der Waals surface area (Å²) in [7, 11) is 1.50. The molecule has 0 bridgehead atoms. The zero-order valence-corrected chi connectivity index (χ0v) is 16.6. The molecule has 0 unspecified atom stereocenters. The van der Waals surface area contributed by atoms with Crippen molar-refractivity contribution in [3.05, 3.63) is 61.0 Å². The summed E-state index contributed by atoms with van der Waals surface area (Å²) in [5.41, 5.74) is 2.90. The van der Waals surface area contributed by atoms with Crippen molar-refractivity contribution in [2.24, 2.45) is 5.10 Å². The highest BCUT2D eigenvalue weighted by molar-refractivity contribution is 9.11. The van der Waals surface area contributed by atoms with Gasteiger partial charge in [0.15, 0.2) is 18.1 Å². The third-order valence-corrected chi connectivity index (χ3v) is 4.10. The fourth-order valence-corrected chi connectivity index (χ4v) is 3.16. The molecule has 0 aromatic heterocycles. The van der Waals surface area contributed by atoms with Gasteiger partial charge in [-0.1, -0.05) is 15.9 Å².